The van der Waals surface area contributed by atoms with Crippen molar-refractivity contribution >= 4 is 0 Å². The molecule has 0 aromatic heterocycles. The van der Waals surface area contributed by atoms with E-state index in [-0.39, 0.29) is 6.08 Å². The van der Waals surface area contributed by atoms with E-state index in [1.54, 1.807) is 5.92 Å². The second kappa shape index (κ2) is 4.91. The fourth-order valence-electron chi connectivity index (χ4n) is 0.642. The van der Waals surface area contributed by atoms with E-state index in [1.165, 1.54) is 0 Å². The fourth-order valence-corrected chi connectivity index (χ4v) is 0.642. The Morgan fingerprint density at radius 1 is 1.13 bits per heavy atom. The number of rotatable bonds is 2. The summed E-state index contributed by atoms with van der Waals surface area (Å²) in [7, 11) is 0. The van der Waals surface area contributed by atoms with E-state index >= 15 is 0 Å². The van der Waals surface area contributed by atoms with Gasteiger partial charge in [0.2, 0.25) is 0 Å². The zero-order valence-corrected chi connectivity index (χ0v) is 7.28. The van der Waals surface area contributed by atoms with Crippen molar-refractivity contribution in [3.63, 3.8) is 0 Å². The van der Waals surface area contributed by atoms with Crippen molar-refractivity contribution in [3.05, 3.63) is 23.8 Å². The molecule has 0 aliphatic rings. The van der Waals surface area contributed by atoms with Gasteiger partial charge in [0.15, 0.2) is 0 Å². The number of hydrogen-bond acceptors (Lipinski definition) is 0. The van der Waals surface area contributed by atoms with Crippen molar-refractivity contribution in [1.82, 2.24) is 0 Å². The van der Waals surface area contributed by atoms with Gasteiger partial charge in [0.1, 0.15) is 0 Å². The monoisotopic (exact) mass is 228 g/mol. The first kappa shape index (κ1) is 13.6. The topological polar surface area (TPSA) is 0 Å². The van der Waals surface area contributed by atoms with E-state index in [4.69, 9.17) is 0 Å². The largest absolute Gasteiger partial charge is 0.416 e. The maximum Gasteiger partial charge on any atom is 0.416 e. The van der Waals surface area contributed by atoms with Gasteiger partial charge in [-0.15, -0.1) is 6.42 Å². The lowest BCUT2D eigenvalue weighted by molar-refractivity contribution is -0.126. The van der Waals surface area contributed by atoms with Crippen molar-refractivity contribution in [2.75, 3.05) is 0 Å². The molecule has 15 heavy (non-hydrogen) atoms. The molecular formula is C9H6F6. The Morgan fingerprint density at radius 3 is 2.00 bits per heavy atom. The molecule has 0 aliphatic heterocycles. The second-order valence-electron chi connectivity index (χ2n) is 2.48. The number of allylic oxidation sites excluding steroid dienone is 4. The molecule has 0 radical (unpaired) electrons. The SMILES string of the molecule is C#C/C=C\C(=C/CC(F)(F)F)C(F)(F)F. The Hall–Kier alpha value is -1.38. The van der Waals surface area contributed by atoms with Crippen LogP contribution >= 0.6 is 0 Å². The van der Waals surface area contributed by atoms with Gasteiger partial charge in [-0.2, -0.15) is 26.3 Å². The van der Waals surface area contributed by atoms with Crippen LogP contribution in [0.1, 0.15) is 6.42 Å². The van der Waals surface area contributed by atoms with Crippen LogP contribution in [0.3, 0.4) is 0 Å². The van der Waals surface area contributed by atoms with Gasteiger partial charge in [-0.1, -0.05) is 12.0 Å². The molecule has 0 atom stereocenters. The highest BCUT2D eigenvalue weighted by molar-refractivity contribution is 5.28. The first-order chi connectivity index (χ1) is 6.67. The first-order valence-corrected chi connectivity index (χ1v) is 3.63. The van der Waals surface area contributed by atoms with Gasteiger partial charge < -0.3 is 0 Å². The standard InChI is InChI=1S/C9H6F6/c1-2-3-4-7(9(13,14)15)5-6-8(10,11)12/h1,3-5H,6H2/b4-3-,7-5+. The molecule has 0 unspecified atom stereocenters. The first-order valence-electron chi connectivity index (χ1n) is 3.63. The zero-order chi connectivity index (χ0) is 12.1. The Morgan fingerprint density at radius 2 is 1.67 bits per heavy atom. The molecule has 0 spiro atoms. The minimum absolute atomic E-state index is 0.0494. The van der Waals surface area contributed by atoms with E-state index in [0.717, 1.165) is 0 Å². The smallest absolute Gasteiger partial charge is 0.171 e. The van der Waals surface area contributed by atoms with Crippen LogP contribution in [0.4, 0.5) is 26.3 Å². The number of hydrogen-bond donors (Lipinski definition) is 0. The van der Waals surface area contributed by atoms with Crippen molar-refractivity contribution in [2.45, 2.75) is 18.8 Å². The van der Waals surface area contributed by atoms with Gasteiger partial charge in [0, 0.05) is 0 Å². The normalized spacial score (nSPS) is 14.3. The molecule has 84 valence electrons. The van der Waals surface area contributed by atoms with Crippen molar-refractivity contribution < 1.29 is 26.3 Å². The summed E-state index contributed by atoms with van der Waals surface area (Å²) in [4.78, 5) is 0. The van der Waals surface area contributed by atoms with Crippen molar-refractivity contribution in [3.8, 4) is 12.3 Å². The minimum atomic E-state index is -4.83. The Kier molecular flexibility index (Phi) is 4.46. The zero-order valence-electron chi connectivity index (χ0n) is 7.28. The summed E-state index contributed by atoms with van der Waals surface area (Å²) in [5.74, 6) is 1.76. The molecule has 0 amide bonds. The third-order valence-electron chi connectivity index (χ3n) is 1.24. The maximum absolute atomic E-state index is 12.1. The summed E-state index contributed by atoms with van der Waals surface area (Å²) in [6.07, 6.45) is -5.33. The summed E-state index contributed by atoms with van der Waals surface area (Å²) in [6.45, 7) is 0. The number of halogens is 6. The maximum atomic E-state index is 12.1. The third-order valence-corrected chi connectivity index (χ3v) is 1.24. The van der Waals surface area contributed by atoms with Gasteiger partial charge in [0.05, 0.1) is 12.0 Å². The molecule has 0 rings (SSSR count). The average Bonchev–Trinajstić information content (AvgIpc) is 1.99. The molecule has 0 N–H and O–H groups in total. The van der Waals surface area contributed by atoms with Crippen molar-refractivity contribution in [2.24, 2.45) is 0 Å². The Labute approximate surface area is 82.3 Å². The van der Waals surface area contributed by atoms with Gasteiger partial charge in [-0.25, -0.2) is 0 Å². The van der Waals surface area contributed by atoms with Gasteiger partial charge in [-0.3, -0.25) is 0 Å². The quantitative estimate of drug-likeness (QED) is 0.384. The van der Waals surface area contributed by atoms with Crippen LogP contribution in [0.2, 0.25) is 0 Å². The second-order valence-corrected chi connectivity index (χ2v) is 2.48. The van der Waals surface area contributed by atoms with Crippen molar-refractivity contribution in [1.29, 1.82) is 0 Å². The van der Waals surface area contributed by atoms with Crippen LogP contribution in [0.25, 0.3) is 0 Å². The molecule has 0 fully saturated rings. The summed E-state index contributed by atoms with van der Waals surface area (Å²) in [5.41, 5.74) is -1.40. The minimum Gasteiger partial charge on any atom is -0.171 e. The summed E-state index contributed by atoms with van der Waals surface area (Å²) < 4.78 is 71.1. The van der Waals surface area contributed by atoms with E-state index < -0.39 is 24.3 Å². The van der Waals surface area contributed by atoms with Crippen LogP contribution in [0.15, 0.2) is 23.8 Å². The predicted octanol–water partition coefficient (Wildman–Crippen LogP) is 3.62. The van der Waals surface area contributed by atoms with Crippen LogP contribution in [-0.2, 0) is 0 Å². The highest BCUT2D eigenvalue weighted by Gasteiger charge is 2.33. The molecule has 0 heterocycles. The lowest BCUT2D eigenvalue weighted by atomic mass is 10.2. The molecule has 0 aromatic rings. The van der Waals surface area contributed by atoms with Gasteiger partial charge in [-0.05, 0) is 12.2 Å². The van der Waals surface area contributed by atoms with E-state index in [1.807, 2.05) is 0 Å². The Bertz CT molecular complexity index is 296. The van der Waals surface area contributed by atoms with E-state index in [9.17, 15) is 26.3 Å². The number of terminal acetylenes is 1. The number of alkyl halides is 6. The fraction of sp³-hybridized carbons (Fsp3) is 0.333. The highest BCUT2D eigenvalue weighted by atomic mass is 19.4. The molecular weight excluding hydrogens is 222 g/mol. The third kappa shape index (κ3) is 6.66. The molecule has 0 saturated carbocycles. The summed E-state index contributed by atoms with van der Waals surface area (Å²) in [6, 6.07) is 0. The summed E-state index contributed by atoms with van der Waals surface area (Å²) in [5, 5.41) is 0. The van der Waals surface area contributed by atoms with Crippen LogP contribution in [0, 0.1) is 12.3 Å². The van der Waals surface area contributed by atoms with Crippen LogP contribution in [-0.4, -0.2) is 12.4 Å². The highest BCUT2D eigenvalue weighted by Crippen LogP contribution is 2.29. The Balaban J connectivity index is 4.82. The molecule has 0 nitrogen and oxygen atoms in total. The molecule has 6 heteroatoms. The van der Waals surface area contributed by atoms with Crippen LogP contribution in [0.5, 0.6) is 0 Å². The van der Waals surface area contributed by atoms with E-state index in [2.05, 4.69) is 6.42 Å². The van der Waals surface area contributed by atoms with Gasteiger partial charge >= 0.3 is 12.4 Å². The van der Waals surface area contributed by atoms with Gasteiger partial charge in [0.25, 0.3) is 0 Å². The van der Waals surface area contributed by atoms with E-state index in [0.29, 0.717) is 12.2 Å². The lowest BCUT2D eigenvalue weighted by Gasteiger charge is -2.08. The van der Waals surface area contributed by atoms with Crippen LogP contribution < -0.4 is 0 Å². The molecule has 0 saturated heterocycles. The molecule has 0 aromatic carbocycles. The summed E-state index contributed by atoms with van der Waals surface area (Å²) >= 11 is 0. The lowest BCUT2D eigenvalue weighted by Crippen LogP contribution is -2.12. The predicted molar refractivity (Wildman–Crippen MR) is 42.8 cm³/mol. The molecule has 0 aliphatic carbocycles. The molecule has 0 bridgehead atoms. The average molecular weight is 228 g/mol.